The second-order valence-electron chi connectivity index (χ2n) is 7.27. The van der Waals surface area contributed by atoms with Gasteiger partial charge in [0, 0.05) is 12.6 Å². The van der Waals surface area contributed by atoms with Gasteiger partial charge in [0.05, 0.1) is 6.42 Å². The molecule has 0 aliphatic heterocycles. The lowest BCUT2D eigenvalue weighted by molar-refractivity contribution is -0.140. The van der Waals surface area contributed by atoms with E-state index < -0.39 is 11.9 Å². The lowest BCUT2D eigenvalue weighted by Gasteiger charge is -2.30. The second kappa shape index (κ2) is 10.0. The van der Waals surface area contributed by atoms with Gasteiger partial charge in [0.1, 0.15) is 11.9 Å². The maximum Gasteiger partial charge on any atom is 0.242 e. The summed E-state index contributed by atoms with van der Waals surface area (Å²) in [6, 6.07) is 13.4. The number of nitrogens with one attached hydrogen (secondary N) is 1. The topological polar surface area (TPSA) is 49.4 Å². The van der Waals surface area contributed by atoms with Crippen LogP contribution in [0.25, 0.3) is 0 Å². The smallest absolute Gasteiger partial charge is 0.242 e. The number of nitrogens with zero attached hydrogens (tertiary/aromatic N) is 1. The van der Waals surface area contributed by atoms with Crippen molar-refractivity contribution in [2.75, 3.05) is 0 Å². The van der Waals surface area contributed by atoms with E-state index in [0.29, 0.717) is 12.1 Å². The number of amides is 2. The van der Waals surface area contributed by atoms with Crippen molar-refractivity contribution < 1.29 is 14.0 Å². The van der Waals surface area contributed by atoms with Crippen LogP contribution < -0.4 is 5.32 Å². The summed E-state index contributed by atoms with van der Waals surface area (Å²) in [4.78, 5) is 27.2. The Kier molecular flexibility index (Phi) is 7.73. The Morgan fingerprint density at radius 1 is 1.07 bits per heavy atom. The summed E-state index contributed by atoms with van der Waals surface area (Å²) < 4.78 is 14.0. The van der Waals surface area contributed by atoms with E-state index in [4.69, 9.17) is 0 Å². The van der Waals surface area contributed by atoms with Crippen LogP contribution in [0.1, 0.15) is 43.9 Å². The fraction of sp³-hybridized carbons (Fsp3) is 0.391. The summed E-state index contributed by atoms with van der Waals surface area (Å²) in [6.07, 6.45) is 0.721. The summed E-state index contributed by atoms with van der Waals surface area (Å²) >= 11 is 0. The van der Waals surface area contributed by atoms with Gasteiger partial charge in [-0.15, -0.1) is 0 Å². The Morgan fingerprint density at radius 2 is 1.71 bits per heavy atom. The van der Waals surface area contributed by atoms with Gasteiger partial charge in [-0.05, 0) is 44.4 Å². The lowest BCUT2D eigenvalue weighted by Crippen LogP contribution is -2.50. The minimum absolute atomic E-state index is 0.0258. The first-order valence-electron chi connectivity index (χ1n) is 9.70. The van der Waals surface area contributed by atoms with E-state index in [-0.39, 0.29) is 24.3 Å². The van der Waals surface area contributed by atoms with Crippen LogP contribution in [0.15, 0.2) is 48.5 Å². The third-order valence-electron chi connectivity index (χ3n) is 4.94. The largest absolute Gasteiger partial charge is 0.352 e. The predicted molar refractivity (Wildman–Crippen MR) is 109 cm³/mol. The first kappa shape index (κ1) is 21.6. The first-order chi connectivity index (χ1) is 13.3. The molecular weight excluding hydrogens is 355 g/mol. The van der Waals surface area contributed by atoms with Crippen molar-refractivity contribution in [2.45, 2.75) is 59.2 Å². The molecule has 1 N–H and O–H groups in total. The minimum Gasteiger partial charge on any atom is -0.352 e. The van der Waals surface area contributed by atoms with Gasteiger partial charge in [-0.3, -0.25) is 9.59 Å². The maximum absolute atomic E-state index is 14.0. The fourth-order valence-electron chi connectivity index (χ4n) is 2.84. The third kappa shape index (κ3) is 5.91. The summed E-state index contributed by atoms with van der Waals surface area (Å²) in [6.45, 7) is 7.92. The van der Waals surface area contributed by atoms with Crippen LogP contribution in [0.5, 0.6) is 0 Å². The number of hydrogen-bond donors (Lipinski definition) is 1. The molecule has 5 heteroatoms. The van der Waals surface area contributed by atoms with Crippen molar-refractivity contribution in [3.8, 4) is 0 Å². The number of aryl methyl sites for hydroxylation is 1. The van der Waals surface area contributed by atoms with Crippen molar-refractivity contribution in [3.05, 3.63) is 71.0 Å². The number of rotatable bonds is 8. The highest BCUT2D eigenvalue weighted by Crippen LogP contribution is 2.15. The van der Waals surface area contributed by atoms with Crippen molar-refractivity contribution in [2.24, 2.45) is 0 Å². The van der Waals surface area contributed by atoms with Gasteiger partial charge in [0.2, 0.25) is 11.8 Å². The Bertz CT molecular complexity index is 805. The second-order valence-corrected chi connectivity index (χ2v) is 7.27. The summed E-state index contributed by atoms with van der Waals surface area (Å²) in [7, 11) is 0. The zero-order chi connectivity index (χ0) is 20.7. The van der Waals surface area contributed by atoms with E-state index in [1.807, 2.05) is 45.0 Å². The van der Waals surface area contributed by atoms with Gasteiger partial charge < -0.3 is 10.2 Å². The highest BCUT2D eigenvalue weighted by Gasteiger charge is 2.27. The number of carbonyl (C=O) groups excluding carboxylic acids is 2. The molecule has 0 fully saturated rings. The quantitative estimate of drug-likeness (QED) is 0.748. The maximum atomic E-state index is 14.0. The standard InChI is InChI=1S/C23H29FN2O2/c1-5-17(3)25-23(28)18(4)26(15-19-12-10-16(2)11-13-19)22(27)14-20-8-6-7-9-21(20)24/h6-13,17-18H,5,14-15H2,1-4H3,(H,25,28)/t17-,18+/m1/s1. The van der Waals surface area contributed by atoms with E-state index >= 15 is 0 Å². The molecule has 2 atom stereocenters. The monoisotopic (exact) mass is 384 g/mol. The van der Waals surface area contributed by atoms with Crippen LogP contribution >= 0.6 is 0 Å². The molecule has 0 unspecified atom stereocenters. The summed E-state index contributed by atoms with van der Waals surface area (Å²) in [5.74, 6) is -0.899. The SMILES string of the molecule is CC[C@@H](C)NC(=O)[C@H](C)N(Cc1ccc(C)cc1)C(=O)Cc1ccccc1F. The van der Waals surface area contributed by atoms with E-state index in [1.54, 1.807) is 25.1 Å². The van der Waals surface area contributed by atoms with Gasteiger partial charge in [-0.25, -0.2) is 4.39 Å². The van der Waals surface area contributed by atoms with E-state index in [0.717, 1.165) is 17.5 Å². The highest BCUT2D eigenvalue weighted by atomic mass is 19.1. The summed E-state index contributed by atoms with van der Waals surface area (Å²) in [5, 5.41) is 2.93. The molecular formula is C23H29FN2O2. The van der Waals surface area contributed by atoms with Gasteiger partial charge in [-0.2, -0.15) is 0 Å². The molecule has 0 saturated carbocycles. The molecule has 2 aromatic carbocycles. The van der Waals surface area contributed by atoms with Crippen molar-refractivity contribution >= 4 is 11.8 Å². The Labute approximate surface area is 166 Å². The van der Waals surface area contributed by atoms with Crippen LogP contribution in [0.4, 0.5) is 4.39 Å². The third-order valence-corrected chi connectivity index (χ3v) is 4.94. The van der Waals surface area contributed by atoms with Gasteiger partial charge in [0.25, 0.3) is 0 Å². The van der Waals surface area contributed by atoms with Gasteiger partial charge in [0.15, 0.2) is 0 Å². The summed E-state index contributed by atoms with van der Waals surface area (Å²) in [5.41, 5.74) is 2.38. The fourth-order valence-corrected chi connectivity index (χ4v) is 2.84. The number of halogens is 1. The minimum atomic E-state index is -0.658. The number of hydrogen-bond acceptors (Lipinski definition) is 2. The van der Waals surface area contributed by atoms with Crippen LogP contribution in [-0.2, 0) is 22.6 Å². The first-order valence-corrected chi connectivity index (χ1v) is 9.70. The lowest BCUT2D eigenvalue weighted by atomic mass is 10.1. The van der Waals surface area contributed by atoms with Crippen molar-refractivity contribution in [1.82, 2.24) is 10.2 Å². The average Bonchev–Trinajstić information content (AvgIpc) is 2.68. The van der Waals surface area contributed by atoms with Crippen molar-refractivity contribution in [1.29, 1.82) is 0 Å². The normalized spacial score (nSPS) is 12.9. The zero-order valence-corrected chi connectivity index (χ0v) is 17.0. The molecule has 2 aromatic rings. The molecule has 2 amide bonds. The molecule has 150 valence electrons. The van der Waals surface area contributed by atoms with Crippen molar-refractivity contribution in [3.63, 3.8) is 0 Å². The van der Waals surface area contributed by atoms with E-state index in [1.165, 1.54) is 11.0 Å². The Hall–Kier alpha value is -2.69. The Morgan fingerprint density at radius 3 is 2.32 bits per heavy atom. The molecule has 28 heavy (non-hydrogen) atoms. The Balaban J connectivity index is 2.23. The molecule has 0 saturated heterocycles. The van der Waals surface area contributed by atoms with Gasteiger partial charge >= 0.3 is 0 Å². The molecule has 2 rings (SSSR count). The van der Waals surface area contributed by atoms with Crippen LogP contribution in [0.3, 0.4) is 0 Å². The van der Waals surface area contributed by atoms with Gasteiger partial charge in [-0.1, -0.05) is 55.0 Å². The molecule has 4 nitrogen and oxygen atoms in total. The average molecular weight is 384 g/mol. The highest BCUT2D eigenvalue weighted by molar-refractivity contribution is 5.88. The van der Waals surface area contributed by atoms with E-state index in [2.05, 4.69) is 5.32 Å². The molecule has 0 heterocycles. The molecule has 0 aliphatic rings. The predicted octanol–water partition coefficient (Wildman–Crippen LogP) is 4.01. The number of carbonyl (C=O) groups is 2. The van der Waals surface area contributed by atoms with Crippen LogP contribution in [-0.4, -0.2) is 28.8 Å². The number of benzene rings is 2. The van der Waals surface area contributed by atoms with Crippen LogP contribution in [0.2, 0.25) is 0 Å². The molecule has 0 aromatic heterocycles. The van der Waals surface area contributed by atoms with E-state index in [9.17, 15) is 14.0 Å². The zero-order valence-electron chi connectivity index (χ0n) is 17.0. The van der Waals surface area contributed by atoms with Crippen LogP contribution in [0, 0.1) is 12.7 Å². The molecule has 0 aliphatic carbocycles. The molecule has 0 bridgehead atoms. The molecule has 0 radical (unpaired) electrons. The molecule has 0 spiro atoms.